The molecule has 1 aliphatic carbocycles. The number of carbonyl (C=O) groups is 1. The van der Waals surface area contributed by atoms with Gasteiger partial charge >= 0.3 is 12.2 Å². The Bertz CT molecular complexity index is 1130. The number of amides is 1. The molecule has 2 aromatic rings. The quantitative estimate of drug-likeness (QED) is 0.552. The van der Waals surface area contributed by atoms with Crippen LogP contribution in [0.5, 0.6) is 6.01 Å². The number of nitrogens with one attached hydrogen (secondary N) is 3. The maximum absolute atomic E-state index is 13.6. The molecule has 1 amide bonds. The van der Waals surface area contributed by atoms with Crippen LogP contribution in [0.15, 0.2) is 48.1 Å². The minimum absolute atomic E-state index is 0.0728. The number of anilines is 3. The van der Waals surface area contributed by atoms with Crippen LogP contribution in [0, 0.1) is 6.92 Å². The van der Waals surface area contributed by atoms with Gasteiger partial charge in [0.1, 0.15) is 17.2 Å². The van der Waals surface area contributed by atoms with E-state index in [2.05, 4.69) is 42.5 Å². The number of aromatic nitrogens is 4. The van der Waals surface area contributed by atoms with Crippen molar-refractivity contribution in [2.75, 3.05) is 17.7 Å². The molecule has 0 saturated heterocycles. The molecule has 0 saturated carbocycles. The Morgan fingerprint density at radius 3 is 2.56 bits per heavy atom. The summed E-state index contributed by atoms with van der Waals surface area (Å²) in [4.78, 5) is 27.5. The third kappa shape index (κ3) is 5.20. The van der Waals surface area contributed by atoms with Crippen molar-refractivity contribution in [3.8, 4) is 6.01 Å². The van der Waals surface area contributed by atoms with Gasteiger partial charge in [0.2, 0.25) is 11.9 Å². The Kier molecular flexibility index (Phi) is 6.42. The molecule has 2 aromatic heterocycles. The number of hydrogen-bond donors (Lipinski definition) is 3. The molecule has 12 heteroatoms. The molecule has 1 aliphatic rings. The van der Waals surface area contributed by atoms with Crippen molar-refractivity contribution in [1.29, 1.82) is 0 Å². The average Bonchev–Trinajstić information content (AvgIpc) is 3.07. The molecule has 0 aliphatic heterocycles. The number of ether oxygens (including phenoxy) is 1. The number of rotatable bonds is 7. The van der Waals surface area contributed by atoms with Crippen LogP contribution in [0.25, 0.3) is 0 Å². The maximum Gasteiger partial charge on any atom is 0.421 e. The van der Waals surface area contributed by atoms with Gasteiger partial charge in [-0.15, -0.1) is 0 Å². The van der Waals surface area contributed by atoms with Crippen LogP contribution in [0.2, 0.25) is 0 Å². The normalized spacial score (nSPS) is 13.5. The van der Waals surface area contributed by atoms with Gasteiger partial charge in [-0.2, -0.15) is 23.1 Å². The molecule has 3 rings (SSSR count). The lowest BCUT2D eigenvalue weighted by Gasteiger charge is -2.17. The maximum atomic E-state index is 13.6. The van der Waals surface area contributed by atoms with E-state index in [0.29, 0.717) is 29.6 Å². The van der Waals surface area contributed by atoms with Gasteiger partial charge in [0, 0.05) is 30.1 Å². The number of alkyl halides is 3. The third-order valence-corrected chi connectivity index (χ3v) is 4.34. The van der Waals surface area contributed by atoms with Gasteiger partial charge in [-0.25, -0.2) is 9.97 Å². The molecule has 0 radical (unpaired) electrons. The Morgan fingerprint density at radius 1 is 1.16 bits per heavy atom. The van der Waals surface area contributed by atoms with Crippen molar-refractivity contribution in [2.24, 2.45) is 0 Å². The second-order valence-corrected chi connectivity index (χ2v) is 6.85. The van der Waals surface area contributed by atoms with Gasteiger partial charge in [0.25, 0.3) is 0 Å². The van der Waals surface area contributed by atoms with E-state index in [0.717, 1.165) is 11.6 Å². The zero-order valence-electron chi connectivity index (χ0n) is 17.5. The van der Waals surface area contributed by atoms with E-state index in [1.165, 1.54) is 13.3 Å². The van der Waals surface area contributed by atoms with Crippen LogP contribution >= 0.6 is 0 Å². The van der Waals surface area contributed by atoms with Crippen LogP contribution in [0.3, 0.4) is 0 Å². The first kappa shape index (κ1) is 22.7. The van der Waals surface area contributed by atoms with Crippen molar-refractivity contribution in [3.63, 3.8) is 0 Å². The van der Waals surface area contributed by atoms with Crippen molar-refractivity contribution >= 4 is 23.5 Å². The van der Waals surface area contributed by atoms with Crippen molar-refractivity contribution in [1.82, 2.24) is 25.3 Å². The zero-order valence-corrected chi connectivity index (χ0v) is 17.5. The molecule has 0 unspecified atom stereocenters. The molecule has 2 heterocycles. The van der Waals surface area contributed by atoms with E-state index in [-0.39, 0.29) is 17.8 Å². The van der Waals surface area contributed by atoms with Gasteiger partial charge in [-0.05, 0) is 26.0 Å². The van der Waals surface area contributed by atoms with Crippen molar-refractivity contribution in [3.05, 3.63) is 59.2 Å². The minimum atomic E-state index is -4.71. The molecular weight excluding hydrogens is 427 g/mol. The summed E-state index contributed by atoms with van der Waals surface area (Å²) in [6.07, 6.45) is 0.485. The zero-order chi connectivity index (χ0) is 23.5. The highest BCUT2D eigenvalue weighted by molar-refractivity contribution is 5.89. The second-order valence-electron chi connectivity index (χ2n) is 6.85. The van der Waals surface area contributed by atoms with Gasteiger partial charge in [0.15, 0.2) is 0 Å². The first-order valence-corrected chi connectivity index (χ1v) is 9.30. The molecule has 32 heavy (non-hydrogen) atoms. The predicted molar refractivity (Wildman–Crippen MR) is 111 cm³/mol. The van der Waals surface area contributed by atoms with Crippen LogP contribution in [-0.4, -0.2) is 33.0 Å². The molecular formula is C20H20F3N7O2. The molecule has 0 fully saturated rings. The van der Waals surface area contributed by atoms with E-state index >= 15 is 0 Å². The Morgan fingerprint density at radius 2 is 1.91 bits per heavy atom. The molecule has 0 bridgehead atoms. The lowest BCUT2D eigenvalue weighted by molar-refractivity contribution is -0.137. The number of allylic oxidation sites excluding steroid dienone is 2. The lowest BCUT2D eigenvalue weighted by Crippen LogP contribution is -2.22. The number of carbonyl (C=O) groups excluding carboxylic acids is 1. The summed E-state index contributed by atoms with van der Waals surface area (Å²) >= 11 is 0. The first-order valence-electron chi connectivity index (χ1n) is 9.30. The summed E-state index contributed by atoms with van der Waals surface area (Å²) in [6, 6.07) is 0.0728. The van der Waals surface area contributed by atoms with Gasteiger partial charge in [-0.1, -0.05) is 12.2 Å². The standard InChI is InChI=1S/C20H20F3N7O2/c1-5-15(31)26-13-6-10(2)7-14(13)27-17-12(20(21,22)23)9-24-18(29-17)28-16-11(3)8-25-19(30-16)32-4/h5-6,8-9H,1,7H2,2-4H3,(H,26,31)(H2,24,25,27,28,29,30). The van der Waals surface area contributed by atoms with Crippen molar-refractivity contribution < 1.29 is 22.7 Å². The van der Waals surface area contributed by atoms with Gasteiger partial charge in [0.05, 0.1) is 12.8 Å². The SMILES string of the molecule is C=CC(=O)NC1=C(Nc2nc(Nc3nc(OC)ncc3C)ncc2C(F)(F)F)CC(C)=C1. The van der Waals surface area contributed by atoms with Gasteiger partial charge in [-0.3, -0.25) is 4.79 Å². The fraction of sp³-hybridized carbons (Fsp3) is 0.250. The smallest absolute Gasteiger partial charge is 0.421 e. The lowest BCUT2D eigenvalue weighted by atomic mass is 10.2. The Labute approximate surface area is 181 Å². The highest BCUT2D eigenvalue weighted by atomic mass is 19.4. The van der Waals surface area contributed by atoms with Crippen LogP contribution in [0.1, 0.15) is 24.5 Å². The first-order chi connectivity index (χ1) is 15.1. The summed E-state index contributed by atoms with van der Waals surface area (Å²) in [5.74, 6) is -0.806. The molecule has 0 aromatic carbocycles. The topological polar surface area (TPSA) is 114 Å². The summed E-state index contributed by atoms with van der Waals surface area (Å²) in [6.45, 7) is 6.87. The fourth-order valence-corrected chi connectivity index (χ4v) is 2.81. The summed E-state index contributed by atoms with van der Waals surface area (Å²) in [7, 11) is 1.39. The monoisotopic (exact) mass is 447 g/mol. The van der Waals surface area contributed by atoms with E-state index in [1.807, 2.05) is 0 Å². The summed E-state index contributed by atoms with van der Waals surface area (Å²) in [5, 5.41) is 8.05. The summed E-state index contributed by atoms with van der Waals surface area (Å²) in [5.41, 5.74) is 1.08. The van der Waals surface area contributed by atoms with E-state index < -0.39 is 23.5 Å². The van der Waals surface area contributed by atoms with E-state index in [4.69, 9.17) is 4.74 Å². The third-order valence-electron chi connectivity index (χ3n) is 4.34. The van der Waals surface area contributed by atoms with Crippen LogP contribution in [0.4, 0.5) is 30.8 Å². The summed E-state index contributed by atoms with van der Waals surface area (Å²) < 4.78 is 45.7. The largest absolute Gasteiger partial charge is 0.467 e. The highest BCUT2D eigenvalue weighted by Gasteiger charge is 2.36. The van der Waals surface area contributed by atoms with E-state index in [9.17, 15) is 18.0 Å². The molecule has 3 N–H and O–H groups in total. The number of aryl methyl sites for hydroxylation is 1. The Hall–Kier alpha value is -3.96. The number of halogens is 3. The molecule has 0 atom stereocenters. The van der Waals surface area contributed by atoms with Crippen LogP contribution < -0.4 is 20.7 Å². The average molecular weight is 447 g/mol. The second kappa shape index (κ2) is 9.04. The van der Waals surface area contributed by atoms with Crippen molar-refractivity contribution in [2.45, 2.75) is 26.4 Å². The fourth-order valence-electron chi connectivity index (χ4n) is 2.81. The van der Waals surface area contributed by atoms with Gasteiger partial charge < -0.3 is 20.7 Å². The minimum Gasteiger partial charge on any atom is -0.467 e. The molecule has 0 spiro atoms. The molecule has 168 valence electrons. The number of nitrogens with zero attached hydrogens (tertiary/aromatic N) is 4. The van der Waals surface area contributed by atoms with Crippen LogP contribution in [-0.2, 0) is 11.0 Å². The number of methoxy groups -OCH3 is 1. The number of hydrogen-bond acceptors (Lipinski definition) is 8. The highest BCUT2D eigenvalue weighted by Crippen LogP contribution is 2.36. The van der Waals surface area contributed by atoms with E-state index in [1.54, 1.807) is 19.9 Å². The predicted octanol–water partition coefficient (Wildman–Crippen LogP) is 3.62. The molecule has 9 nitrogen and oxygen atoms in total. The Balaban J connectivity index is 1.98.